The van der Waals surface area contributed by atoms with Crippen LogP contribution in [0.1, 0.15) is 32.5 Å². The maximum atomic E-state index is 13.2. The number of aromatic nitrogens is 2. The molecule has 0 atom stereocenters. The fraction of sp³-hybridized carbons (Fsp3) is 0.444. The molecule has 1 saturated heterocycles. The zero-order valence-electron chi connectivity index (χ0n) is 15.0. The Morgan fingerprint density at radius 2 is 1.78 bits per heavy atom. The van der Waals surface area contributed by atoms with E-state index in [1.165, 1.54) is 9.47 Å². The van der Waals surface area contributed by atoms with E-state index < -0.39 is 23.6 Å². The van der Waals surface area contributed by atoms with Gasteiger partial charge >= 0.3 is 12.3 Å². The van der Waals surface area contributed by atoms with E-state index in [2.05, 4.69) is 20.9 Å². The quantitative estimate of drug-likeness (QED) is 0.643. The van der Waals surface area contributed by atoms with Gasteiger partial charge < -0.3 is 14.2 Å². The van der Waals surface area contributed by atoms with Crippen molar-refractivity contribution in [3.8, 4) is 11.4 Å². The van der Waals surface area contributed by atoms with Crippen LogP contribution in [0.15, 0.2) is 34.9 Å². The first kappa shape index (κ1) is 19.7. The summed E-state index contributed by atoms with van der Waals surface area (Å²) in [6, 6.07) is 6.60. The van der Waals surface area contributed by atoms with E-state index in [0.717, 1.165) is 10.7 Å². The molecule has 27 heavy (non-hydrogen) atoms. The highest BCUT2D eigenvalue weighted by atomic mass is 79.9. The standard InChI is InChI=1S/C18H19BrF3N3O2/c1-17(2,3)27-16(26)24-8-13(9-24)25-10-14(18(20,21)22)23-15(25)11-4-6-12(19)7-5-11/h4-7,10,13H,8-9H2,1-3H3. The summed E-state index contributed by atoms with van der Waals surface area (Å²) in [5, 5.41) is 0. The lowest BCUT2D eigenvalue weighted by molar-refractivity contribution is -0.141. The van der Waals surface area contributed by atoms with Crippen molar-refractivity contribution < 1.29 is 22.7 Å². The summed E-state index contributed by atoms with van der Waals surface area (Å²) in [5.41, 5.74) is -0.996. The largest absolute Gasteiger partial charge is 0.444 e. The maximum Gasteiger partial charge on any atom is 0.434 e. The molecule has 1 fully saturated rings. The third kappa shape index (κ3) is 4.45. The summed E-state index contributed by atoms with van der Waals surface area (Å²) >= 11 is 3.31. The Balaban J connectivity index is 1.84. The zero-order valence-corrected chi connectivity index (χ0v) is 16.6. The molecule has 1 aromatic heterocycles. The number of benzene rings is 1. The van der Waals surface area contributed by atoms with Gasteiger partial charge in [0.1, 0.15) is 11.4 Å². The highest BCUT2D eigenvalue weighted by molar-refractivity contribution is 9.10. The van der Waals surface area contributed by atoms with Crippen molar-refractivity contribution in [2.24, 2.45) is 0 Å². The number of hydrogen-bond donors (Lipinski definition) is 0. The van der Waals surface area contributed by atoms with E-state index in [1.54, 1.807) is 45.0 Å². The van der Waals surface area contributed by atoms with Crippen LogP contribution in [-0.2, 0) is 10.9 Å². The second kappa shape index (κ2) is 6.85. The Morgan fingerprint density at radius 1 is 1.19 bits per heavy atom. The molecule has 9 heteroatoms. The summed E-state index contributed by atoms with van der Waals surface area (Å²) in [6.45, 7) is 5.83. The number of imidazole rings is 1. The molecule has 1 aliphatic heterocycles. The number of nitrogens with zero attached hydrogens (tertiary/aromatic N) is 3. The zero-order chi connectivity index (χ0) is 20.0. The normalized spacial score (nSPS) is 15.6. The van der Waals surface area contributed by atoms with Crippen molar-refractivity contribution in [1.82, 2.24) is 14.5 Å². The van der Waals surface area contributed by atoms with Gasteiger partial charge in [0.15, 0.2) is 5.69 Å². The number of amides is 1. The molecule has 0 N–H and O–H groups in total. The number of halogens is 4. The first-order chi connectivity index (χ1) is 12.4. The van der Waals surface area contributed by atoms with Gasteiger partial charge in [-0.05, 0) is 32.9 Å². The molecule has 1 amide bonds. The van der Waals surface area contributed by atoms with E-state index >= 15 is 0 Å². The van der Waals surface area contributed by atoms with Gasteiger partial charge in [0.25, 0.3) is 0 Å². The first-order valence-electron chi connectivity index (χ1n) is 8.34. The van der Waals surface area contributed by atoms with Crippen LogP contribution in [0.4, 0.5) is 18.0 Å². The highest BCUT2D eigenvalue weighted by Gasteiger charge is 2.39. The second-order valence-electron chi connectivity index (χ2n) is 7.40. The molecule has 0 aliphatic carbocycles. The Morgan fingerprint density at radius 3 is 2.30 bits per heavy atom. The van der Waals surface area contributed by atoms with Gasteiger partial charge in [0, 0.05) is 29.3 Å². The third-order valence-corrected chi connectivity index (χ3v) is 4.56. The van der Waals surface area contributed by atoms with Crippen molar-refractivity contribution in [3.63, 3.8) is 0 Å². The Kier molecular flexibility index (Phi) is 5.00. The van der Waals surface area contributed by atoms with Gasteiger partial charge in [-0.1, -0.05) is 28.1 Å². The van der Waals surface area contributed by atoms with Crippen LogP contribution in [0.25, 0.3) is 11.4 Å². The fourth-order valence-corrected chi connectivity index (χ4v) is 2.99. The van der Waals surface area contributed by atoms with Crippen molar-refractivity contribution >= 4 is 22.0 Å². The number of rotatable bonds is 2. The molecule has 2 heterocycles. The van der Waals surface area contributed by atoms with Crippen molar-refractivity contribution in [3.05, 3.63) is 40.6 Å². The summed E-state index contributed by atoms with van der Waals surface area (Å²) in [6.07, 6.45) is -4.00. The second-order valence-corrected chi connectivity index (χ2v) is 8.32. The van der Waals surface area contributed by atoms with Crippen LogP contribution < -0.4 is 0 Å². The van der Waals surface area contributed by atoms with Crippen molar-refractivity contribution in [2.45, 2.75) is 38.6 Å². The summed E-state index contributed by atoms with van der Waals surface area (Å²) in [5.74, 6) is 0.226. The number of hydrogen-bond acceptors (Lipinski definition) is 3. The SMILES string of the molecule is CC(C)(C)OC(=O)N1CC(n2cc(C(F)(F)F)nc2-c2ccc(Br)cc2)C1. The van der Waals surface area contributed by atoms with Crippen LogP contribution in [0, 0.1) is 0 Å². The number of ether oxygens (including phenoxy) is 1. The Labute approximate surface area is 163 Å². The molecule has 2 aromatic rings. The molecule has 0 radical (unpaired) electrons. The average molecular weight is 446 g/mol. The van der Waals surface area contributed by atoms with Gasteiger partial charge in [-0.15, -0.1) is 0 Å². The van der Waals surface area contributed by atoms with E-state index in [0.29, 0.717) is 5.56 Å². The van der Waals surface area contributed by atoms with Crippen molar-refractivity contribution in [1.29, 1.82) is 0 Å². The molecule has 0 saturated carbocycles. The molecule has 0 unspecified atom stereocenters. The minimum absolute atomic E-state index is 0.226. The minimum atomic E-state index is -4.54. The van der Waals surface area contributed by atoms with Gasteiger partial charge in [-0.3, -0.25) is 0 Å². The van der Waals surface area contributed by atoms with E-state index in [-0.39, 0.29) is 25.0 Å². The lowest BCUT2D eigenvalue weighted by Gasteiger charge is -2.40. The van der Waals surface area contributed by atoms with Gasteiger partial charge in [0.2, 0.25) is 0 Å². The Hall–Kier alpha value is -2.03. The van der Waals surface area contributed by atoms with Crippen LogP contribution in [-0.4, -0.2) is 39.2 Å². The topological polar surface area (TPSA) is 47.4 Å². The average Bonchev–Trinajstić information content (AvgIpc) is 2.89. The summed E-state index contributed by atoms with van der Waals surface area (Å²) < 4.78 is 47.1. The molecule has 5 nitrogen and oxygen atoms in total. The molecular weight excluding hydrogens is 427 g/mol. The fourth-order valence-electron chi connectivity index (χ4n) is 2.73. The monoisotopic (exact) mass is 445 g/mol. The van der Waals surface area contributed by atoms with E-state index in [4.69, 9.17) is 4.74 Å². The molecule has 0 spiro atoms. The lowest BCUT2D eigenvalue weighted by atomic mass is 10.1. The number of alkyl halides is 3. The maximum absolute atomic E-state index is 13.2. The minimum Gasteiger partial charge on any atom is -0.444 e. The Bertz CT molecular complexity index is 835. The predicted molar refractivity (Wildman–Crippen MR) is 97.2 cm³/mol. The predicted octanol–water partition coefficient (Wildman–Crippen LogP) is 5.12. The van der Waals surface area contributed by atoms with Gasteiger partial charge in [-0.25, -0.2) is 9.78 Å². The van der Waals surface area contributed by atoms with E-state index in [1.807, 2.05) is 0 Å². The van der Waals surface area contributed by atoms with Crippen LogP contribution in [0.5, 0.6) is 0 Å². The third-order valence-electron chi connectivity index (χ3n) is 4.03. The van der Waals surface area contributed by atoms with E-state index in [9.17, 15) is 18.0 Å². The lowest BCUT2D eigenvalue weighted by Crippen LogP contribution is -2.52. The first-order valence-corrected chi connectivity index (χ1v) is 9.13. The number of likely N-dealkylation sites (tertiary alicyclic amines) is 1. The smallest absolute Gasteiger partial charge is 0.434 e. The van der Waals surface area contributed by atoms with Gasteiger partial charge in [-0.2, -0.15) is 13.2 Å². The van der Waals surface area contributed by atoms with Crippen LogP contribution >= 0.6 is 15.9 Å². The van der Waals surface area contributed by atoms with Crippen LogP contribution in [0.2, 0.25) is 0 Å². The molecule has 146 valence electrons. The highest BCUT2D eigenvalue weighted by Crippen LogP contribution is 2.35. The number of carbonyl (C=O) groups is 1. The number of carbonyl (C=O) groups excluding carboxylic acids is 1. The van der Waals surface area contributed by atoms with Gasteiger partial charge in [0.05, 0.1) is 6.04 Å². The molecular formula is C18H19BrF3N3O2. The molecule has 1 aromatic carbocycles. The molecule has 3 rings (SSSR count). The molecule has 0 bridgehead atoms. The van der Waals surface area contributed by atoms with Crippen LogP contribution in [0.3, 0.4) is 0 Å². The summed E-state index contributed by atoms with van der Waals surface area (Å²) in [4.78, 5) is 17.3. The summed E-state index contributed by atoms with van der Waals surface area (Å²) in [7, 11) is 0. The van der Waals surface area contributed by atoms with Crippen molar-refractivity contribution in [2.75, 3.05) is 13.1 Å². The molecule has 1 aliphatic rings.